The molecule has 1 rings (SSSR count). The maximum absolute atomic E-state index is 9.08. The largest absolute Gasteiger partial charge is 0.396 e. The zero-order chi connectivity index (χ0) is 10.4. The lowest BCUT2D eigenvalue weighted by Gasteiger charge is -2.26. The van der Waals surface area contributed by atoms with Crippen LogP contribution in [0.4, 0.5) is 0 Å². The molecule has 0 bridgehead atoms. The van der Waals surface area contributed by atoms with Crippen molar-refractivity contribution in [3.63, 3.8) is 0 Å². The number of aliphatic hydroxyl groups excluding tert-OH is 1. The Bertz CT molecular complexity index is 153. The first-order valence-electron chi connectivity index (χ1n) is 5.66. The summed E-state index contributed by atoms with van der Waals surface area (Å²) in [5, 5.41) is 15.9. The van der Waals surface area contributed by atoms with Crippen molar-refractivity contribution < 1.29 is 5.11 Å². The van der Waals surface area contributed by atoms with Gasteiger partial charge in [-0.25, -0.2) is 0 Å². The molecule has 1 aliphatic rings. The van der Waals surface area contributed by atoms with Gasteiger partial charge in [0.1, 0.15) is 0 Å². The first-order valence-corrected chi connectivity index (χ1v) is 5.66. The van der Waals surface area contributed by atoms with Crippen molar-refractivity contribution in [3.05, 3.63) is 0 Å². The Morgan fingerprint density at radius 3 is 2.86 bits per heavy atom. The van der Waals surface area contributed by atoms with Crippen LogP contribution in [0.15, 0.2) is 0 Å². The highest BCUT2D eigenvalue weighted by atomic mass is 16.3. The molecule has 0 aromatic rings. The normalized spacial score (nSPS) is 23.8. The summed E-state index contributed by atoms with van der Waals surface area (Å²) in [6, 6.07) is 0. The van der Waals surface area contributed by atoms with Crippen molar-refractivity contribution in [1.29, 1.82) is 0 Å². The van der Waals surface area contributed by atoms with E-state index >= 15 is 0 Å². The molecule has 3 N–H and O–H groups in total. The Labute approximate surface area is 87.3 Å². The SMILES string of the molecule is CC(C)(CO)CNCC1CCCNC1. The van der Waals surface area contributed by atoms with Gasteiger partial charge in [0, 0.05) is 18.6 Å². The zero-order valence-corrected chi connectivity index (χ0v) is 9.47. The third-order valence-electron chi connectivity index (χ3n) is 2.86. The molecule has 3 nitrogen and oxygen atoms in total. The zero-order valence-electron chi connectivity index (χ0n) is 9.47. The quantitative estimate of drug-likeness (QED) is 0.609. The Hall–Kier alpha value is -0.120. The van der Waals surface area contributed by atoms with Crippen molar-refractivity contribution in [3.8, 4) is 0 Å². The molecule has 0 radical (unpaired) electrons. The first-order chi connectivity index (χ1) is 6.64. The molecule has 0 aliphatic carbocycles. The fourth-order valence-electron chi connectivity index (χ4n) is 1.77. The van der Waals surface area contributed by atoms with Crippen LogP contribution in [-0.2, 0) is 0 Å². The summed E-state index contributed by atoms with van der Waals surface area (Å²) in [6.07, 6.45) is 2.63. The Morgan fingerprint density at radius 2 is 2.29 bits per heavy atom. The maximum Gasteiger partial charge on any atom is 0.0494 e. The van der Waals surface area contributed by atoms with Crippen molar-refractivity contribution >= 4 is 0 Å². The van der Waals surface area contributed by atoms with E-state index in [1.807, 2.05) is 0 Å². The molecule has 3 heteroatoms. The minimum atomic E-state index is 0.0160. The standard InChI is InChI=1S/C11H24N2O/c1-11(2,9-14)8-13-7-10-4-3-5-12-6-10/h10,12-14H,3-9H2,1-2H3. The van der Waals surface area contributed by atoms with Crippen LogP contribution < -0.4 is 10.6 Å². The summed E-state index contributed by atoms with van der Waals surface area (Å²) in [7, 11) is 0. The van der Waals surface area contributed by atoms with E-state index in [9.17, 15) is 0 Å². The lowest BCUT2D eigenvalue weighted by atomic mass is 9.94. The van der Waals surface area contributed by atoms with Crippen LogP contribution in [0.2, 0.25) is 0 Å². The molecule has 1 aliphatic heterocycles. The van der Waals surface area contributed by atoms with Crippen LogP contribution in [0, 0.1) is 11.3 Å². The molecule has 0 amide bonds. The van der Waals surface area contributed by atoms with Crippen molar-refractivity contribution in [2.45, 2.75) is 26.7 Å². The predicted octanol–water partition coefficient (Wildman–Crippen LogP) is 0.594. The van der Waals surface area contributed by atoms with Gasteiger partial charge in [-0.15, -0.1) is 0 Å². The van der Waals surface area contributed by atoms with Gasteiger partial charge in [0.2, 0.25) is 0 Å². The Balaban J connectivity index is 2.08. The van der Waals surface area contributed by atoms with Crippen molar-refractivity contribution in [1.82, 2.24) is 10.6 Å². The summed E-state index contributed by atoms with van der Waals surface area (Å²) >= 11 is 0. The Kier molecular flexibility index (Phi) is 4.85. The van der Waals surface area contributed by atoms with E-state index in [1.165, 1.54) is 19.4 Å². The summed E-state index contributed by atoms with van der Waals surface area (Å²) in [5.41, 5.74) is 0.0160. The number of hydrogen-bond acceptors (Lipinski definition) is 3. The van der Waals surface area contributed by atoms with E-state index < -0.39 is 0 Å². The van der Waals surface area contributed by atoms with E-state index in [4.69, 9.17) is 5.11 Å². The highest BCUT2D eigenvalue weighted by Gasteiger charge is 2.17. The fraction of sp³-hybridized carbons (Fsp3) is 1.00. The molecule has 0 saturated carbocycles. The lowest BCUT2D eigenvalue weighted by molar-refractivity contribution is 0.154. The van der Waals surface area contributed by atoms with Crippen LogP contribution in [0.25, 0.3) is 0 Å². The van der Waals surface area contributed by atoms with Gasteiger partial charge in [0.05, 0.1) is 0 Å². The monoisotopic (exact) mass is 200 g/mol. The van der Waals surface area contributed by atoms with Crippen LogP contribution >= 0.6 is 0 Å². The number of nitrogens with one attached hydrogen (secondary N) is 2. The van der Waals surface area contributed by atoms with E-state index in [1.54, 1.807) is 0 Å². The Morgan fingerprint density at radius 1 is 1.50 bits per heavy atom. The van der Waals surface area contributed by atoms with E-state index in [2.05, 4.69) is 24.5 Å². The highest BCUT2D eigenvalue weighted by Crippen LogP contribution is 2.13. The second-order valence-electron chi connectivity index (χ2n) is 5.17. The topological polar surface area (TPSA) is 44.3 Å². The van der Waals surface area contributed by atoms with Gasteiger partial charge in [0.25, 0.3) is 0 Å². The molecule has 0 aromatic heterocycles. The average Bonchev–Trinajstić information content (AvgIpc) is 2.19. The molecule has 1 unspecified atom stereocenters. The smallest absolute Gasteiger partial charge is 0.0494 e. The van der Waals surface area contributed by atoms with Gasteiger partial charge in [-0.1, -0.05) is 13.8 Å². The van der Waals surface area contributed by atoms with Gasteiger partial charge in [0.15, 0.2) is 0 Å². The molecule has 1 atom stereocenters. The number of piperidine rings is 1. The van der Waals surface area contributed by atoms with Crippen LogP contribution in [-0.4, -0.2) is 37.9 Å². The van der Waals surface area contributed by atoms with E-state index in [0.29, 0.717) is 0 Å². The fourth-order valence-corrected chi connectivity index (χ4v) is 1.77. The van der Waals surface area contributed by atoms with Crippen LogP contribution in [0.1, 0.15) is 26.7 Å². The minimum absolute atomic E-state index is 0.0160. The van der Waals surface area contributed by atoms with Gasteiger partial charge < -0.3 is 15.7 Å². The van der Waals surface area contributed by atoms with Gasteiger partial charge >= 0.3 is 0 Å². The van der Waals surface area contributed by atoms with Gasteiger partial charge in [-0.05, 0) is 38.4 Å². The number of aliphatic hydroxyl groups is 1. The molecule has 1 saturated heterocycles. The molecular formula is C11H24N2O. The minimum Gasteiger partial charge on any atom is -0.396 e. The third-order valence-corrected chi connectivity index (χ3v) is 2.86. The van der Waals surface area contributed by atoms with Gasteiger partial charge in [-0.3, -0.25) is 0 Å². The van der Waals surface area contributed by atoms with E-state index in [-0.39, 0.29) is 12.0 Å². The average molecular weight is 200 g/mol. The van der Waals surface area contributed by atoms with E-state index in [0.717, 1.165) is 25.6 Å². The summed E-state index contributed by atoms with van der Waals surface area (Å²) < 4.78 is 0. The second-order valence-corrected chi connectivity index (χ2v) is 5.17. The van der Waals surface area contributed by atoms with Crippen molar-refractivity contribution in [2.75, 3.05) is 32.8 Å². The first kappa shape index (κ1) is 12.0. The summed E-state index contributed by atoms with van der Waals surface area (Å²) in [5.74, 6) is 0.776. The number of hydrogen-bond donors (Lipinski definition) is 3. The maximum atomic E-state index is 9.08. The molecular weight excluding hydrogens is 176 g/mol. The molecule has 0 spiro atoms. The molecule has 0 aromatic carbocycles. The summed E-state index contributed by atoms with van der Waals surface area (Å²) in [6.45, 7) is 8.72. The lowest BCUT2D eigenvalue weighted by Crippen LogP contribution is -2.39. The van der Waals surface area contributed by atoms with Gasteiger partial charge in [-0.2, -0.15) is 0 Å². The highest BCUT2D eigenvalue weighted by molar-refractivity contribution is 4.74. The molecule has 14 heavy (non-hydrogen) atoms. The second kappa shape index (κ2) is 5.69. The summed E-state index contributed by atoms with van der Waals surface area (Å²) in [4.78, 5) is 0. The van der Waals surface area contributed by atoms with Crippen molar-refractivity contribution in [2.24, 2.45) is 11.3 Å². The number of rotatable bonds is 5. The molecule has 84 valence electrons. The predicted molar refractivity (Wildman–Crippen MR) is 59.3 cm³/mol. The van der Waals surface area contributed by atoms with Crippen LogP contribution in [0.5, 0.6) is 0 Å². The third kappa shape index (κ3) is 4.40. The van der Waals surface area contributed by atoms with Crippen LogP contribution in [0.3, 0.4) is 0 Å². The molecule has 1 heterocycles. The molecule has 1 fully saturated rings.